The van der Waals surface area contributed by atoms with E-state index in [4.69, 9.17) is 0 Å². The van der Waals surface area contributed by atoms with Crippen LogP contribution in [0.2, 0.25) is 0 Å². The van der Waals surface area contributed by atoms with Crippen LogP contribution in [0.3, 0.4) is 0 Å². The van der Waals surface area contributed by atoms with E-state index in [1.54, 1.807) is 11.3 Å². The van der Waals surface area contributed by atoms with E-state index >= 15 is 0 Å². The molecule has 0 fully saturated rings. The molecule has 0 saturated carbocycles. The van der Waals surface area contributed by atoms with Crippen LogP contribution in [0.5, 0.6) is 0 Å². The van der Waals surface area contributed by atoms with Crippen molar-refractivity contribution in [1.29, 1.82) is 0 Å². The lowest BCUT2D eigenvalue weighted by Crippen LogP contribution is -2.45. The average Bonchev–Trinajstić information content (AvgIpc) is 2.30. The highest BCUT2D eigenvalue weighted by molar-refractivity contribution is 5.77. The van der Waals surface area contributed by atoms with Gasteiger partial charge in [-0.2, -0.15) is 5.10 Å². The summed E-state index contributed by atoms with van der Waals surface area (Å²) >= 11 is 0. The van der Waals surface area contributed by atoms with Crippen LogP contribution in [0, 0.1) is 0 Å². The van der Waals surface area contributed by atoms with E-state index in [2.05, 4.69) is 35.2 Å². The van der Waals surface area contributed by atoms with Crippen molar-refractivity contribution in [2.24, 2.45) is 5.10 Å². The molecule has 92 valence electrons. The smallest absolute Gasteiger partial charge is 0.0743 e. The maximum atomic E-state index is 4.06. The van der Waals surface area contributed by atoms with Crippen molar-refractivity contribution in [2.75, 3.05) is 13.1 Å². The third-order valence-corrected chi connectivity index (χ3v) is 2.31. The molecule has 0 bridgehead atoms. The van der Waals surface area contributed by atoms with Crippen LogP contribution < -0.4 is 16.3 Å². The molecule has 0 spiro atoms. The summed E-state index contributed by atoms with van der Waals surface area (Å²) in [6.07, 6.45) is 8.52. The Morgan fingerprint density at radius 1 is 1.25 bits per heavy atom. The first-order valence-electron chi connectivity index (χ1n) is 6.14. The summed E-state index contributed by atoms with van der Waals surface area (Å²) in [5.41, 5.74) is 7.15. The lowest BCUT2D eigenvalue weighted by molar-refractivity contribution is 0.184. The summed E-state index contributed by atoms with van der Waals surface area (Å²) in [7, 11) is 0. The Bertz CT molecular complexity index is 237. The Labute approximate surface area is 97.9 Å². The molecule has 0 aromatic heterocycles. The predicted molar refractivity (Wildman–Crippen MR) is 67.4 cm³/mol. The van der Waals surface area contributed by atoms with E-state index in [1.807, 2.05) is 6.20 Å². The predicted octanol–water partition coefficient (Wildman–Crippen LogP) is 1.33. The number of unbranched alkanes of at least 4 members (excludes halogenated alkanes) is 2. The van der Waals surface area contributed by atoms with Crippen LogP contribution >= 0.6 is 0 Å². The van der Waals surface area contributed by atoms with Gasteiger partial charge in [-0.1, -0.05) is 26.7 Å². The van der Waals surface area contributed by atoms with Crippen molar-refractivity contribution in [1.82, 2.24) is 21.4 Å². The van der Waals surface area contributed by atoms with E-state index in [-0.39, 0.29) is 0 Å². The minimum atomic E-state index is 0.956. The van der Waals surface area contributed by atoms with Crippen molar-refractivity contribution in [3.05, 3.63) is 11.9 Å². The molecule has 0 atom stereocenters. The molecule has 0 radical (unpaired) electrons. The number of nitrogens with zero attached hydrogens (tertiary/aromatic N) is 2. The molecule has 0 saturated heterocycles. The molecular formula is C11H23N5. The zero-order valence-corrected chi connectivity index (χ0v) is 10.3. The highest BCUT2D eigenvalue weighted by Crippen LogP contribution is 1.95. The maximum absolute atomic E-state index is 4.06. The molecular weight excluding hydrogens is 202 g/mol. The van der Waals surface area contributed by atoms with Crippen LogP contribution in [0.25, 0.3) is 0 Å². The molecule has 1 rings (SSSR count). The van der Waals surface area contributed by atoms with Gasteiger partial charge in [0.1, 0.15) is 0 Å². The summed E-state index contributed by atoms with van der Waals surface area (Å²) in [5, 5.41) is 9.18. The molecule has 3 N–H and O–H groups in total. The Morgan fingerprint density at radius 2 is 2.00 bits per heavy atom. The lowest BCUT2D eigenvalue weighted by atomic mass is 10.3. The number of rotatable bonds is 8. The van der Waals surface area contributed by atoms with Crippen molar-refractivity contribution < 1.29 is 0 Å². The van der Waals surface area contributed by atoms with E-state index < -0.39 is 0 Å². The molecule has 16 heavy (non-hydrogen) atoms. The van der Waals surface area contributed by atoms with Crippen molar-refractivity contribution in [2.45, 2.75) is 39.5 Å². The standard InChI is InChI=1S/C11H23N5/c1-3-5-7-12-11-9-13-15-16(10-11)14-8-6-4-2/h9-10,12,14-15H,3-8H2,1-2H3. The van der Waals surface area contributed by atoms with E-state index in [1.165, 1.54) is 19.3 Å². The zero-order valence-electron chi connectivity index (χ0n) is 10.3. The number of allylic oxidation sites excluding steroid dienone is 1. The molecule has 0 amide bonds. The largest absolute Gasteiger partial charge is 0.382 e. The zero-order chi connectivity index (χ0) is 11.6. The highest BCUT2D eigenvalue weighted by atomic mass is 15.8. The molecule has 5 heteroatoms. The van der Waals surface area contributed by atoms with Gasteiger partial charge in [-0.25, -0.2) is 16.1 Å². The average molecular weight is 225 g/mol. The first kappa shape index (κ1) is 12.8. The Morgan fingerprint density at radius 3 is 2.75 bits per heavy atom. The normalized spacial score (nSPS) is 14.6. The Balaban J connectivity index is 2.24. The van der Waals surface area contributed by atoms with Gasteiger partial charge in [-0.15, -0.1) is 0 Å². The SMILES string of the molecule is CCCCNC1=CN(NCCCC)NN=C1. The molecule has 0 aromatic carbocycles. The van der Waals surface area contributed by atoms with Crippen LogP contribution in [-0.4, -0.2) is 24.4 Å². The second-order valence-electron chi connectivity index (χ2n) is 3.85. The van der Waals surface area contributed by atoms with E-state index in [0.29, 0.717) is 0 Å². The maximum Gasteiger partial charge on any atom is 0.0743 e. The molecule has 0 aliphatic carbocycles. The first-order valence-corrected chi connectivity index (χ1v) is 6.14. The molecule has 1 aliphatic heterocycles. The van der Waals surface area contributed by atoms with Crippen LogP contribution in [0.1, 0.15) is 39.5 Å². The second kappa shape index (κ2) is 7.98. The molecule has 1 heterocycles. The van der Waals surface area contributed by atoms with Gasteiger partial charge in [0.25, 0.3) is 0 Å². The Hall–Kier alpha value is -1.23. The monoisotopic (exact) mass is 225 g/mol. The molecule has 0 aromatic rings. The quantitative estimate of drug-likeness (QED) is 0.545. The van der Waals surface area contributed by atoms with Gasteiger partial charge >= 0.3 is 0 Å². The Kier molecular flexibility index (Phi) is 6.41. The molecule has 0 unspecified atom stereocenters. The second-order valence-corrected chi connectivity index (χ2v) is 3.85. The topological polar surface area (TPSA) is 51.7 Å². The third-order valence-electron chi connectivity index (χ3n) is 2.31. The highest BCUT2D eigenvalue weighted by Gasteiger charge is 2.03. The number of hydrogen-bond donors (Lipinski definition) is 3. The van der Waals surface area contributed by atoms with Gasteiger partial charge in [-0.05, 0) is 12.8 Å². The number of hydrazine groups is 2. The first-order chi connectivity index (χ1) is 7.86. The van der Waals surface area contributed by atoms with Gasteiger partial charge < -0.3 is 5.32 Å². The van der Waals surface area contributed by atoms with Crippen molar-refractivity contribution in [3.8, 4) is 0 Å². The van der Waals surface area contributed by atoms with Gasteiger partial charge in [0, 0.05) is 13.1 Å². The van der Waals surface area contributed by atoms with Gasteiger partial charge in [0.15, 0.2) is 0 Å². The number of nitrogens with one attached hydrogen (secondary N) is 3. The number of hydrogen-bond acceptors (Lipinski definition) is 5. The van der Waals surface area contributed by atoms with Gasteiger partial charge in [0.05, 0.1) is 18.1 Å². The van der Waals surface area contributed by atoms with Crippen LogP contribution in [0.15, 0.2) is 17.0 Å². The summed E-state index contributed by atoms with van der Waals surface area (Å²) < 4.78 is 0. The van der Waals surface area contributed by atoms with Crippen LogP contribution in [0.4, 0.5) is 0 Å². The van der Waals surface area contributed by atoms with Crippen molar-refractivity contribution >= 4 is 6.21 Å². The molecule has 1 aliphatic rings. The minimum Gasteiger partial charge on any atom is -0.382 e. The summed E-state index contributed by atoms with van der Waals surface area (Å²) in [4.78, 5) is 0. The van der Waals surface area contributed by atoms with Crippen LogP contribution in [-0.2, 0) is 0 Å². The molecule has 5 nitrogen and oxygen atoms in total. The summed E-state index contributed by atoms with van der Waals surface area (Å²) in [6, 6.07) is 0. The number of hydrazone groups is 1. The summed E-state index contributed by atoms with van der Waals surface area (Å²) in [5.74, 6) is 0. The van der Waals surface area contributed by atoms with Gasteiger partial charge in [0.2, 0.25) is 0 Å². The fourth-order valence-corrected chi connectivity index (χ4v) is 1.32. The summed E-state index contributed by atoms with van der Waals surface area (Å²) in [6.45, 7) is 6.32. The lowest BCUT2D eigenvalue weighted by Gasteiger charge is -2.24. The van der Waals surface area contributed by atoms with E-state index in [0.717, 1.165) is 25.2 Å². The fraction of sp³-hybridized carbons (Fsp3) is 0.727. The minimum absolute atomic E-state index is 0.956. The van der Waals surface area contributed by atoms with E-state index in [9.17, 15) is 0 Å². The van der Waals surface area contributed by atoms with Gasteiger partial charge in [-0.3, -0.25) is 0 Å². The van der Waals surface area contributed by atoms with Crippen molar-refractivity contribution in [3.63, 3.8) is 0 Å². The fourth-order valence-electron chi connectivity index (χ4n) is 1.32. The third kappa shape index (κ3) is 5.02.